The Balaban J connectivity index is 2.57. The van der Waals surface area contributed by atoms with Crippen LogP contribution in [0.3, 0.4) is 0 Å². The van der Waals surface area contributed by atoms with Crippen molar-refractivity contribution in [1.82, 2.24) is 10.2 Å². The first kappa shape index (κ1) is 30.9. The zero-order valence-corrected chi connectivity index (χ0v) is 24.7. The van der Waals surface area contributed by atoms with E-state index in [2.05, 4.69) is 10.6 Å². The van der Waals surface area contributed by atoms with E-state index in [1.54, 1.807) is 25.7 Å². The topological polar surface area (TPSA) is 87.7 Å². The molecule has 0 aliphatic heterocycles. The van der Waals surface area contributed by atoms with Crippen molar-refractivity contribution in [2.75, 3.05) is 11.9 Å². The number of rotatable bonds is 9. The lowest BCUT2D eigenvalue weighted by molar-refractivity contribution is -0.141. The average molecular weight is 524 g/mol. The molecule has 0 spiro atoms. The summed E-state index contributed by atoms with van der Waals surface area (Å²) in [6.45, 7) is 19.3. The Hall–Kier alpha value is -3.35. The van der Waals surface area contributed by atoms with E-state index >= 15 is 0 Å². The number of nitrogens with one attached hydrogen (secondary N) is 2. The first-order valence-corrected chi connectivity index (χ1v) is 13.4. The molecule has 0 saturated carbocycles. The van der Waals surface area contributed by atoms with Crippen LogP contribution in [0.15, 0.2) is 36.4 Å². The number of para-hydroxylation sites is 1. The zero-order chi connectivity index (χ0) is 28.8. The predicted molar refractivity (Wildman–Crippen MR) is 153 cm³/mol. The van der Waals surface area contributed by atoms with Gasteiger partial charge in [-0.3, -0.25) is 9.59 Å². The number of anilines is 1. The van der Waals surface area contributed by atoms with Gasteiger partial charge in [-0.2, -0.15) is 0 Å². The quantitative estimate of drug-likeness (QED) is 0.399. The monoisotopic (exact) mass is 523 g/mol. The molecule has 7 nitrogen and oxygen atoms in total. The lowest BCUT2D eigenvalue weighted by atomic mass is 9.96. The molecular formula is C31H45N3O4. The van der Waals surface area contributed by atoms with Crippen molar-refractivity contribution in [2.45, 2.75) is 93.3 Å². The van der Waals surface area contributed by atoms with Gasteiger partial charge in [-0.05, 0) is 88.6 Å². The number of hydrogen-bond acceptors (Lipinski definition) is 4. The molecular weight excluding hydrogens is 478 g/mol. The first-order chi connectivity index (χ1) is 17.7. The summed E-state index contributed by atoms with van der Waals surface area (Å²) in [5, 5.41) is 5.86. The van der Waals surface area contributed by atoms with Gasteiger partial charge in [0.15, 0.2) is 0 Å². The van der Waals surface area contributed by atoms with Gasteiger partial charge in [0.2, 0.25) is 5.91 Å². The number of amides is 3. The highest BCUT2D eigenvalue weighted by atomic mass is 16.6. The number of carbonyl (C=O) groups is 3. The van der Waals surface area contributed by atoms with Gasteiger partial charge < -0.3 is 20.3 Å². The van der Waals surface area contributed by atoms with Gasteiger partial charge in [0.25, 0.3) is 5.91 Å². The van der Waals surface area contributed by atoms with Gasteiger partial charge in [0.05, 0.1) is 0 Å². The molecule has 0 aliphatic rings. The van der Waals surface area contributed by atoms with Crippen LogP contribution >= 0.6 is 0 Å². The normalized spacial score (nSPS) is 13.0. The second-order valence-electron chi connectivity index (χ2n) is 11.4. The highest BCUT2D eigenvalue weighted by Crippen LogP contribution is 2.29. The highest BCUT2D eigenvalue weighted by molar-refractivity contribution is 6.00. The maximum atomic E-state index is 14.1. The molecule has 2 unspecified atom stereocenters. The third-order valence-corrected chi connectivity index (χ3v) is 6.49. The van der Waals surface area contributed by atoms with Gasteiger partial charge in [0, 0.05) is 12.2 Å². The summed E-state index contributed by atoms with van der Waals surface area (Å²) in [5.41, 5.74) is 4.77. The molecule has 2 N–H and O–H groups in total. The summed E-state index contributed by atoms with van der Waals surface area (Å²) in [7, 11) is 0. The van der Waals surface area contributed by atoms with Gasteiger partial charge in [-0.25, -0.2) is 4.79 Å². The second kappa shape index (κ2) is 12.9. The van der Waals surface area contributed by atoms with Crippen LogP contribution < -0.4 is 10.6 Å². The summed E-state index contributed by atoms with van der Waals surface area (Å²) in [5.74, 6) is -0.851. The lowest BCUT2D eigenvalue weighted by Gasteiger charge is -2.35. The van der Waals surface area contributed by atoms with Crippen molar-refractivity contribution in [3.05, 3.63) is 64.2 Å². The van der Waals surface area contributed by atoms with Crippen LogP contribution in [-0.2, 0) is 14.3 Å². The Morgan fingerprint density at radius 1 is 0.921 bits per heavy atom. The Labute approximate surface area is 228 Å². The zero-order valence-electron chi connectivity index (χ0n) is 24.7. The van der Waals surface area contributed by atoms with E-state index in [4.69, 9.17) is 4.74 Å². The van der Waals surface area contributed by atoms with E-state index in [0.29, 0.717) is 13.0 Å². The van der Waals surface area contributed by atoms with Crippen LogP contribution in [0.4, 0.5) is 10.5 Å². The molecule has 0 heterocycles. The highest BCUT2D eigenvalue weighted by Gasteiger charge is 2.37. The minimum atomic E-state index is -0.887. The molecule has 0 saturated heterocycles. The number of ether oxygens (including phenoxy) is 1. The summed E-state index contributed by atoms with van der Waals surface area (Å²) in [4.78, 5) is 42.4. The lowest BCUT2D eigenvalue weighted by Crippen LogP contribution is -2.54. The van der Waals surface area contributed by atoms with Crippen molar-refractivity contribution in [1.29, 1.82) is 0 Å². The smallest absolute Gasteiger partial charge is 0.408 e. The Morgan fingerprint density at radius 3 is 2.03 bits per heavy atom. The average Bonchev–Trinajstić information content (AvgIpc) is 2.80. The van der Waals surface area contributed by atoms with E-state index in [1.807, 2.05) is 84.9 Å². The van der Waals surface area contributed by atoms with Crippen molar-refractivity contribution in [3.8, 4) is 0 Å². The molecule has 208 valence electrons. The number of carbonyl (C=O) groups excluding carboxylic acids is 3. The number of aryl methyl sites for hydroxylation is 4. The third kappa shape index (κ3) is 8.07. The fraction of sp³-hybridized carbons (Fsp3) is 0.516. The minimum Gasteiger partial charge on any atom is -0.444 e. The Bertz CT molecular complexity index is 1130. The van der Waals surface area contributed by atoms with Crippen LogP contribution in [0.5, 0.6) is 0 Å². The molecule has 3 amide bonds. The first-order valence-electron chi connectivity index (χ1n) is 13.4. The molecule has 0 bridgehead atoms. The molecule has 0 fully saturated rings. The summed E-state index contributed by atoms with van der Waals surface area (Å²) in [6, 6.07) is 9.93. The van der Waals surface area contributed by atoms with Crippen molar-refractivity contribution < 1.29 is 19.1 Å². The molecule has 2 rings (SSSR count). The summed E-state index contributed by atoms with van der Waals surface area (Å²) in [6.07, 6.45) is -0.0233. The van der Waals surface area contributed by atoms with Crippen molar-refractivity contribution >= 4 is 23.6 Å². The number of benzene rings is 2. The van der Waals surface area contributed by atoms with Crippen LogP contribution in [-0.4, -0.2) is 41.0 Å². The second-order valence-corrected chi connectivity index (χ2v) is 11.4. The fourth-order valence-electron chi connectivity index (χ4n) is 4.34. The number of hydrogen-bond donors (Lipinski definition) is 2. The van der Waals surface area contributed by atoms with Gasteiger partial charge in [-0.15, -0.1) is 0 Å². The molecule has 0 aromatic heterocycles. The molecule has 38 heavy (non-hydrogen) atoms. The molecule has 2 aromatic rings. The number of alkyl carbamates (subject to hydrolysis) is 1. The van der Waals surface area contributed by atoms with E-state index in [1.165, 1.54) is 0 Å². The maximum absolute atomic E-state index is 14.1. The largest absolute Gasteiger partial charge is 0.444 e. The van der Waals surface area contributed by atoms with E-state index in [9.17, 15) is 14.4 Å². The number of nitrogens with zero attached hydrogens (tertiary/aromatic N) is 1. The molecule has 0 aliphatic carbocycles. The summed E-state index contributed by atoms with van der Waals surface area (Å²) < 4.78 is 5.43. The molecule has 2 atom stereocenters. The van der Waals surface area contributed by atoms with Gasteiger partial charge in [0.1, 0.15) is 17.7 Å². The van der Waals surface area contributed by atoms with Crippen LogP contribution in [0, 0.1) is 33.6 Å². The van der Waals surface area contributed by atoms with Gasteiger partial charge in [-0.1, -0.05) is 57.2 Å². The molecule has 7 heteroatoms. The summed E-state index contributed by atoms with van der Waals surface area (Å²) >= 11 is 0. The fourth-order valence-corrected chi connectivity index (χ4v) is 4.34. The van der Waals surface area contributed by atoms with Crippen molar-refractivity contribution in [2.24, 2.45) is 5.92 Å². The van der Waals surface area contributed by atoms with E-state index < -0.39 is 23.8 Å². The van der Waals surface area contributed by atoms with Crippen LogP contribution in [0.2, 0.25) is 0 Å². The van der Waals surface area contributed by atoms with Crippen molar-refractivity contribution in [3.63, 3.8) is 0 Å². The SMILES string of the molecule is CCCN(C(=O)C(NC(=O)OC(C)(C)C)C(C)C)C(C(=O)Nc1c(C)cccc1C)c1ccc(C)c(C)c1. The van der Waals surface area contributed by atoms with Crippen LogP contribution in [0.1, 0.15) is 81.8 Å². The Morgan fingerprint density at radius 2 is 1.53 bits per heavy atom. The molecule has 2 aromatic carbocycles. The van der Waals surface area contributed by atoms with E-state index in [0.717, 1.165) is 33.5 Å². The minimum absolute atomic E-state index is 0.226. The van der Waals surface area contributed by atoms with E-state index in [-0.39, 0.29) is 17.7 Å². The predicted octanol–water partition coefficient (Wildman–Crippen LogP) is 6.39. The molecule has 0 radical (unpaired) electrons. The van der Waals surface area contributed by atoms with Gasteiger partial charge >= 0.3 is 6.09 Å². The Kier molecular flexibility index (Phi) is 10.5. The van der Waals surface area contributed by atoms with Crippen LogP contribution in [0.25, 0.3) is 0 Å². The maximum Gasteiger partial charge on any atom is 0.408 e. The standard InChI is InChI=1S/C31H45N3O4/c1-11-17-34(29(36)25(19(2)3)33-30(37)38-31(8,9)10)27(24-16-15-20(4)23(7)18-24)28(35)32-26-21(5)13-12-14-22(26)6/h12-16,18-19,25,27H,11,17H2,1-10H3,(H,32,35)(H,33,37). The third-order valence-electron chi connectivity index (χ3n) is 6.49.